The Labute approximate surface area is 213 Å². The minimum absolute atomic E-state index is 0.0172. The lowest BCUT2D eigenvalue weighted by Gasteiger charge is -2.26. The van der Waals surface area contributed by atoms with Crippen molar-refractivity contribution in [1.29, 1.82) is 0 Å². The minimum Gasteiger partial charge on any atom is -0.490 e. The molecular formula is C28H27ClFNO5. The summed E-state index contributed by atoms with van der Waals surface area (Å²) in [5.74, 6) is -2.06. The lowest BCUT2D eigenvalue weighted by atomic mass is 9.87. The average molecular weight is 512 g/mol. The van der Waals surface area contributed by atoms with E-state index >= 15 is 0 Å². The topological polar surface area (TPSA) is 92.7 Å². The molecule has 3 aromatic carbocycles. The van der Waals surface area contributed by atoms with Crippen LogP contribution in [0.2, 0.25) is 5.02 Å². The van der Waals surface area contributed by atoms with Gasteiger partial charge in [-0.1, -0.05) is 23.7 Å². The van der Waals surface area contributed by atoms with Gasteiger partial charge in [-0.05, 0) is 79.3 Å². The van der Waals surface area contributed by atoms with E-state index in [0.29, 0.717) is 48.4 Å². The van der Waals surface area contributed by atoms with Crippen LogP contribution in [-0.4, -0.2) is 35.4 Å². The highest BCUT2D eigenvalue weighted by Crippen LogP contribution is 2.29. The van der Waals surface area contributed by atoms with Crippen LogP contribution in [0.4, 0.5) is 4.39 Å². The molecule has 0 saturated heterocycles. The molecule has 0 aliphatic heterocycles. The van der Waals surface area contributed by atoms with Crippen LogP contribution in [-0.2, 0) is 4.79 Å². The summed E-state index contributed by atoms with van der Waals surface area (Å²) in [7, 11) is 0. The van der Waals surface area contributed by atoms with Crippen molar-refractivity contribution in [2.24, 2.45) is 5.92 Å². The number of carboxylic acids is 1. The quantitative estimate of drug-likeness (QED) is 0.269. The first-order valence-electron chi connectivity index (χ1n) is 12.0. The van der Waals surface area contributed by atoms with Gasteiger partial charge in [-0.15, -0.1) is 0 Å². The van der Waals surface area contributed by atoms with Gasteiger partial charge in [-0.2, -0.15) is 0 Å². The van der Waals surface area contributed by atoms with Gasteiger partial charge in [0.2, 0.25) is 0 Å². The lowest BCUT2D eigenvalue weighted by Crippen LogP contribution is -2.27. The number of rotatable bonds is 9. The van der Waals surface area contributed by atoms with Crippen molar-refractivity contribution in [1.82, 2.24) is 5.32 Å². The first kappa shape index (κ1) is 25.6. The number of ketones is 1. The maximum absolute atomic E-state index is 14.6. The van der Waals surface area contributed by atoms with Crippen LogP contribution in [0.15, 0.2) is 54.6 Å². The van der Waals surface area contributed by atoms with Gasteiger partial charge in [0.05, 0.1) is 17.6 Å². The molecule has 36 heavy (non-hydrogen) atoms. The van der Waals surface area contributed by atoms with Crippen molar-refractivity contribution in [2.45, 2.75) is 44.6 Å². The molecule has 1 saturated carbocycles. The number of nitrogens with one attached hydrogen (secondary N) is 1. The van der Waals surface area contributed by atoms with Crippen LogP contribution in [0.3, 0.4) is 0 Å². The van der Waals surface area contributed by atoms with E-state index in [1.165, 1.54) is 12.1 Å². The highest BCUT2D eigenvalue weighted by atomic mass is 35.5. The van der Waals surface area contributed by atoms with E-state index < -0.39 is 11.8 Å². The molecule has 0 unspecified atom stereocenters. The molecule has 0 radical (unpaired) electrons. The van der Waals surface area contributed by atoms with Crippen LogP contribution < -0.4 is 10.1 Å². The number of hydrogen-bond acceptors (Lipinski definition) is 4. The highest BCUT2D eigenvalue weighted by molar-refractivity contribution is 6.31. The molecule has 0 atom stereocenters. The number of carbonyl (C=O) groups is 3. The third kappa shape index (κ3) is 6.40. The fourth-order valence-corrected chi connectivity index (χ4v) is 4.64. The third-order valence-corrected chi connectivity index (χ3v) is 6.73. The summed E-state index contributed by atoms with van der Waals surface area (Å²) >= 11 is 5.99. The van der Waals surface area contributed by atoms with E-state index in [1.807, 2.05) is 18.2 Å². The molecule has 6 nitrogen and oxygen atoms in total. The van der Waals surface area contributed by atoms with Gasteiger partial charge in [-0.3, -0.25) is 14.4 Å². The fraction of sp³-hybridized carbons (Fsp3) is 0.321. The summed E-state index contributed by atoms with van der Waals surface area (Å²) < 4.78 is 20.4. The van der Waals surface area contributed by atoms with Gasteiger partial charge in [0.25, 0.3) is 5.91 Å². The monoisotopic (exact) mass is 511 g/mol. The van der Waals surface area contributed by atoms with Gasteiger partial charge in [0.1, 0.15) is 11.6 Å². The summed E-state index contributed by atoms with van der Waals surface area (Å²) in [6.07, 6.45) is 2.56. The minimum atomic E-state index is -0.790. The molecule has 1 amide bonds. The van der Waals surface area contributed by atoms with E-state index in [1.54, 1.807) is 24.3 Å². The number of halogens is 2. The number of ether oxygens (including phenoxy) is 1. The highest BCUT2D eigenvalue weighted by Gasteiger charge is 2.27. The molecular weight excluding hydrogens is 485 g/mol. The maximum Gasteiger partial charge on any atom is 0.306 e. The van der Waals surface area contributed by atoms with Crippen LogP contribution >= 0.6 is 11.6 Å². The number of aliphatic carboxylic acids is 1. The van der Waals surface area contributed by atoms with Crippen molar-refractivity contribution in [3.8, 4) is 5.75 Å². The molecule has 3 aromatic rings. The van der Waals surface area contributed by atoms with E-state index in [0.717, 1.165) is 10.8 Å². The van der Waals surface area contributed by atoms with Gasteiger partial charge in [-0.25, -0.2) is 4.39 Å². The normalized spacial score (nSPS) is 17.5. The Bertz CT molecular complexity index is 1290. The molecule has 0 bridgehead atoms. The van der Waals surface area contributed by atoms with Crippen LogP contribution in [0.25, 0.3) is 10.8 Å². The van der Waals surface area contributed by atoms with Crippen molar-refractivity contribution >= 4 is 40.0 Å². The van der Waals surface area contributed by atoms with Crippen molar-refractivity contribution < 1.29 is 28.6 Å². The van der Waals surface area contributed by atoms with E-state index in [4.69, 9.17) is 21.4 Å². The fourth-order valence-electron chi connectivity index (χ4n) is 4.46. The van der Waals surface area contributed by atoms with Gasteiger partial charge < -0.3 is 15.2 Å². The van der Waals surface area contributed by atoms with Gasteiger partial charge in [0.15, 0.2) is 5.78 Å². The summed E-state index contributed by atoms with van der Waals surface area (Å²) in [6.45, 7) is 0.283. The van der Waals surface area contributed by atoms with E-state index in [2.05, 4.69) is 5.32 Å². The van der Waals surface area contributed by atoms with Crippen molar-refractivity contribution in [2.75, 3.05) is 6.54 Å². The standard InChI is InChI=1S/C28H27ClFNO5/c29-21-8-5-18-14-20(4-3-19(18)15-21)27(33)31-13-1-2-26(32)24-12-11-23(16-25(24)30)36-22-9-6-17(7-10-22)28(34)35/h3-5,8,11-12,14-17,22H,1-2,6-7,9-10,13H2,(H,31,33)(H,34,35). The molecule has 0 spiro atoms. The molecule has 0 aromatic heterocycles. The number of hydrogen-bond donors (Lipinski definition) is 2. The van der Waals surface area contributed by atoms with Crippen molar-refractivity contribution in [3.05, 3.63) is 76.6 Å². The van der Waals surface area contributed by atoms with Gasteiger partial charge >= 0.3 is 5.97 Å². The summed E-state index contributed by atoms with van der Waals surface area (Å²) in [4.78, 5) is 36.0. The number of benzene rings is 3. The smallest absolute Gasteiger partial charge is 0.306 e. The molecule has 1 aliphatic carbocycles. The number of carboxylic acid groups (broad SMARTS) is 1. The second kappa shape index (κ2) is 11.5. The first-order valence-corrected chi connectivity index (χ1v) is 12.4. The molecule has 1 aliphatic rings. The van der Waals surface area contributed by atoms with Crippen molar-refractivity contribution in [3.63, 3.8) is 0 Å². The molecule has 8 heteroatoms. The molecule has 188 valence electrons. The zero-order valence-corrected chi connectivity index (χ0v) is 20.4. The lowest BCUT2D eigenvalue weighted by molar-refractivity contribution is -0.143. The van der Waals surface area contributed by atoms with Gasteiger partial charge in [0, 0.05) is 29.6 Å². The average Bonchev–Trinajstić information content (AvgIpc) is 2.86. The van der Waals surface area contributed by atoms with E-state index in [-0.39, 0.29) is 42.2 Å². The Hall–Kier alpha value is -3.45. The molecule has 0 heterocycles. The summed E-state index contributed by atoms with van der Waals surface area (Å²) in [6, 6.07) is 14.9. The zero-order chi connectivity index (χ0) is 25.7. The second-order valence-corrected chi connectivity index (χ2v) is 9.50. The van der Waals surface area contributed by atoms with Crippen LogP contribution in [0, 0.1) is 11.7 Å². The number of Topliss-reactive ketones (excluding diaryl/α,β-unsaturated/α-hetero) is 1. The number of carbonyl (C=O) groups excluding carboxylic acids is 2. The number of amides is 1. The Balaban J connectivity index is 1.24. The summed E-state index contributed by atoms with van der Waals surface area (Å²) in [5.41, 5.74) is 0.491. The first-order chi connectivity index (χ1) is 17.3. The molecule has 2 N–H and O–H groups in total. The number of fused-ring (bicyclic) bond motifs is 1. The zero-order valence-electron chi connectivity index (χ0n) is 19.6. The second-order valence-electron chi connectivity index (χ2n) is 9.06. The Kier molecular flexibility index (Phi) is 8.21. The van der Waals surface area contributed by atoms with E-state index in [9.17, 15) is 18.8 Å². The Morgan fingerprint density at radius 2 is 1.69 bits per heavy atom. The maximum atomic E-state index is 14.6. The summed E-state index contributed by atoms with van der Waals surface area (Å²) in [5, 5.41) is 14.3. The predicted octanol–water partition coefficient (Wildman–Crippen LogP) is 6.05. The molecule has 1 fully saturated rings. The van der Waals surface area contributed by atoms with Crippen LogP contribution in [0.5, 0.6) is 5.75 Å². The third-order valence-electron chi connectivity index (χ3n) is 6.50. The Morgan fingerprint density at radius 1 is 0.972 bits per heavy atom. The largest absolute Gasteiger partial charge is 0.490 e. The SMILES string of the molecule is O=C(NCCCC(=O)c1ccc(OC2CCC(C(=O)O)CC2)cc1F)c1ccc2cc(Cl)ccc2c1. The Morgan fingerprint density at radius 3 is 2.42 bits per heavy atom. The van der Waals surface area contributed by atoms with Crippen LogP contribution in [0.1, 0.15) is 59.2 Å². The predicted molar refractivity (Wildman–Crippen MR) is 135 cm³/mol. The molecule has 4 rings (SSSR count).